The molecule has 4 heterocycles. The first-order valence-corrected chi connectivity index (χ1v) is 13.3. The fourth-order valence-electron chi connectivity index (χ4n) is 5.95. The van der Waals surface area contributed by atoms with Crippen molar-refractivity contribution in [3.05, 3.63) is 60.0 Å². The van der Waals surface area contributed by atoms with E-state index in [1.807, 2.05) is 24.3 Å². The number of fused-ring (bicyclic) bond motifs is 3. The van der Waals surface area contributed by atoms with Gasteiger partial charge in [0.15, 0.2) is 6.29 Å². The highest BCUT2D eigenvalue weighted by molar-refractivity contribution is 5.89. The summed E-state index contributed by atoms with van der Waals surface area (Å²) in [5.41, 5.74) is 2.70. The van der Waals surface area contributed by atoms with Crippen LogP contribution in [0.2, 0.25) is 0 Å². The fourth-order valence-corrected chi connectivity index (χ4v) is 5.95. The van der Waals surface area contributed by atoms with E-state index in [1.165, 1.54) is 19.4 Å². The number of aliphatic hydroxyl groups excluding tert-OH is 4. The van der Waals surface area contributed by atoms with Crippen molar-refractivity contribution >= 4 is 22.8 Å². The number of aliphatic carboxylic acids is 1. The Hall–Kier alpha value is -3.30. The topological polar surface area (TPSA) is 200 Å². The standard InChI is InChI=1S/C28H34N2O11/c1-3-12-14(8-18-21-15(9-19(29-18)25(35)36)13-6-4-5-7-17(13)30-21)16(26(37)38-2)11-39-27(12)41-28-24(34)23(33)22(32)20(10-31)40-28/h3-7,11-12,14,18-20,22-24,27-34H,1,8-10H2,2H3,(H,35,36)/t12-,14+,18+,19-,20+,22+,23-,24+,27+,28-/m1/s1. The summed E-state index contributed by atoms with van der Waals surface area (Å²) >= 11 is 0. The van der Waals surface area contributed by atoms with E-state index in [9.17, 15) is 35.1 Å². The Bertz CT molecular complexity index is 1320. The van der Waals surface area contributed by atoms with Crippen LogP contribution in [-0.2, 0) is 35.0 Å². The van der Waals surface area contributed by atoms with E-state index < -0.39 is 79.5 Å². The van der Waals surface area contributed by atoms with E-state index >= 15 is 0 Å². The van der Waals surface area contributed by atoms with Crippen LogP contribution >= 0.6 is 0 Å². The number of carbonyl (C=O) groups excluding carboxylic acids is 1. The van der Waals surface area contributed by atoms with Crippen molar-refractivity contribution in [1.29, 1.82) is 0 Å². The molecule has 1 aromatic heterocycles. The number of aromatic nitrogens is 1. The number of aromatic amines is 1. The number of para-hydroxylation sites is 1. The van der Waals surface area contributed by atoms with Crippen molar-refractivity contribution < 1.29 is 54.1 Å². The van der Waals surface area contributed by atoms with Crippen LogP contribution in [0.1, 0.15) is 23.7 Å². The zero-order valence-electron chi connectivity index (χ0n) is 22.3. The molecule has 41 heavy (non-hydrogen) atoms. The van der Waals surface area contributed by atoms with Crippen molar-refractivity contribution in [3.63, 3.8) is 0 Å². The van der Waals surface area contributed by atoms with Gasteiger partial charge in [-0.1, -0.05) is 24.3 Å². The molecule has 5 rings (SSSR count). The first-order valence-electron chi connectivity index (χ1n) is 13.3. The van der Waals surface area contributed by atoms with Gasteiger partial charge in [-0.15, -0.1) is 6.58 Å². The molecular weight excluding hydrogens is 540 g/mol. The number of rotatable bonds is 8. The van der Waals surface area contributed by atoms with Gasteiger partial charge >= 0.3 is 11.9 Å². The Morgan fingerprint density at radius 3 is 2.59 bits per heavy atom. The molecule has 0 aliphatic carbocycles. The van der Waals surface area contributed by atoms with E-state index in [2.05, 4.69) is 16.9 Å². The minimum atomic E-state index is -1.67. The average Bonchev–Trinajstić information content (AvgIpc) is 3.36. The molecule has 10 atom stereocenters. The van der Waals surface area contributed by atoms with Crippen molar-refractivity contribution in [2.45, 2.75) is 61.9 Å². The molecular formula is C28H34N2O11. The van der Waals surface area contributed by atoms with E-state index in [0.29, 0.717) is 0 Å². The van der Waals surface area contributed by atoms with Crippen molar-refractivity contribution in [2.75, 3.05) is 13.7 Å². The maximum Gasteiger partial charge on any atom is 0.337 e. The van der Waals surface area contributed by atoms with E-state index in [0.717, 1.165) is 22.2 Å². The third-order valence-corrected chi connectivity index (χ3v) is 8.11. The van der Waals surface area contributed by atoms with Gasteiger partial charge in [0.25, 0.3) is 0 Å². The number of hydrogen-bond donors (Lipinski definition) is 7. The van der Waals surface area contributed by atoms with Crippen LogP contribution in [0.25, 0.3) is 10.9 Å². The monoisotopic (exact) mass is 574 g/mol. The van der Waals surface area contributed by atoms with Gasteiger partial charge < -0.3 is 49.5 Å². The minimum absolute atomic E-state index is 0.169. The molecule has 13 heteroatoms. The first-order chi connectivity index (χ1) is 19.7. The van der Waals surface area contributed by atoms with Gasteiger partial charge in [0.05, 0.1) is 25.6 Å². The highest BCUT2D eigenvalue weighted by Gasteiger charge is 2.48. The molecule has 0 amide bonds. The summed E-state index contributed by atoms with van der Waals surface area (Å²) in [5, 5.41) is 54.3. The molecule has 7 N–H and O–H groups in total. The van der Waals surface area contributed by atoms with Crippen LogP contribution < -0.4 is 5.32 Å². The second kappa shape index (κ2) is 11.9. The lowest BCUT2D eigenvalue weighted by Crippen LogP contribution is -2.60. The molecule has 13 nitrogen and oxygen atoms in total. The van der Waals surface area contributed by atoms with Gasteiger partial charge in [0.2, 0.25) is 6.29 Å². The smallest absolute Gasteiger partial charge is 0.337 e. The second-order valence-corrected chi connectivity index (χ2v) is 10.4. The van der Waals surface area contributed by atoms with E-state index in [4.69, 9.17) is 18.9 Å². The Kier molecular flexibility index (Phi) is 8.47. The zero-order valence-corrected chi connectivity index (χ0v) is 22.3. The molecule has 1 saturated heterocycles. The molecule has 0 radical (unpaired) electrons. The summed E-state index contributed by atoms with van der Waals surface area (Å²) in [6, 6.07) is 6.20. The summed E-state index contributed by atoms with van der Waals surface area (Å²) in [6.45, 7) is 3.26. The first kappa shape index (κ1) is 29.2. The number of esters is 1. The molecule has 2 aromatic rings. The lowest BCUT2D eigenvalue weighted by Gasteiger charge is -2.43. The summed E-state index contributed by atoms with van der Waals surface area (Å²) in [6.07, 6.45) is -5.57. The van der Waals surface area contributed by atoms with Crippen LogP contribution in [0.5, 0.6) is 0 Å². The number of hydrogen-bond acceptors (Lipinski definition) is 11. The Labute approximate surface area is 235 Å². The van der Waals surface area contributed by atoms with Gasteiger partial charge in [-0.25, -0.2) is 4.79 Å². The number of carbonyl (C=O) groups is 2. The highest BCUT2D eigenvalue weighted by atomic mass is 16.8. The number of benzene rings is 1. The molecule has 3 aliphatic rings. The van der Waals surface area contributed by atoms with Crippen molar-refractivity contribution in [1.82, 2.24) is 10.3 Å². The summed E-state index contributed by atoms with van der Waals surface area (Å²) < 4.78 is 22.1. The van der Waals surface area contributed by atoms with Gasteiger partial charge in [0, 0.05) is 40.9 Å². The van der Waals surface area contributed by atoms with Crippen molar-refractivity contribution in [3.8, 4) is 0 Å². The highest BCUT2D eigenvalue weighted by Crippen LogP contribution is 2.42. The number of nitrogens with one attached hydrogen (secondary N) is 2. The van der Waals surface area contributed by atoms with E-state index in [-0.39, 0.29) is 18.4 Å². The third-order valence-electron chi connectivity index (χ3n) is 8.11. The predicted octanol–water partition coefficient (Wildman–Crippen LogP) is -0.154. The zero-order chi connectivity index (χ0) is 29.4. The third kappa shape index (κ3) is 5.37. The summed E-state index contributed by atoms with van der Waals surface area (Å²) in [7, 11) is 1.23. The van der Waals surface area contributed by atoms with Crippen LogP contribution in [0.4, 0.5) is 0 Å². The van der Waals surface area contributed by atoms with Crippen LogP contribution in [0.3, 0.4) is 0 Å². The Morgan fingerprint density at radius 1 is 1.15 bits per heavy atom. The number of aliphatic hydroxyl groups is 4. The van der Waals surface area contributed by atoms with Crippen LogP contribution in [0.15, 0.2) is 48.8 Å². The number of H-pyrrole nitrogens is 1. The maximum atomic E-state index is 12.8. The number of ether oxygens (including phenoxy) is 4. The SMILES string of the molecule is C=C[C@H]1[C@H](O[C@H]2O[C@@H](CO)[C@H](O)[C@@H](O)[C@@H]2O)OC=C(C(=O)OC)[C@H]1C[C@@H]1N[C@@H](C(=O)O)Cc2c1[nH]c1ccccc21. The second-order valence-electron chi connectivity index (χ2n) is 10.4. The molecule has 0 unspecified atom stereocenters. The molecule has 0 spiro atoms. The summed E-state index contributed by atoms with van der Waals surface area (Å²) in [4.78, 5) is 28.3. The summed E-state index contributed by atoms with van der Waals surface area (Å²) in [5.74, 6) is -3.06. The maximum absolute atomic E-state index is 12.8. The normalized spacial score (nSPS) is 35.2. The Balaban J connectivity index is 1.47. The molecule has 222 valence electrons. The number of methoxy groups -OCH3 is 1. The molecule has 1 aromatic carbocycles. The molecule has 1 fully saturated rings. The van der Waals surface area contributed by atoms with Crippen LogP contribution in [0, 0.1) is 11.8 Å². The fraction of sp³-hybridized carbons (Fsp3) is 0.500. The molecule has 0 bridgehead atoms. The molecule has 0 saturated carbocycles. The number of carboxylic acid groups (broad SMARTS) is 1. The van der Waals surface area contributed by atoms with Crippen molar-refractivity contribution in [2.24, 2.45) is 11.8 Å². The average molecular weight is 575 g/mol. The predicted molar refractivity (Wildman–Crippen MR) is 141 cm³/mol. The number of carboxylic acids is 1. The largest absolute Gasteiger partial charge is 0.480 e. The minimum Gasteiger partial charge on any atom is -0.480 e. The van der Waals surface area contributed by atoms with Crippen LogP contribution in [-0.4, -0.2) is 99.2 Å². The Morgan fingerprint density at radius 2 is 1.90 bits per heavy atom. The van der Waals surface area contributed by atoms with Gasteiger partial charge in [-0.05, 0) is 18.1 Å². The quantitative estimate of drug-likeness (QED) is 0.163. The molecule has 3 aliphatic heterocycles. The van der Waals surface area contributed by atoms with Gasteiger partial charge in [-0.2, -0.15) is 0 Å². The lowest BCUT2D eigenvalue weighted by atomic mass is 9.77. The van der Waals surface area contributed by atoms with E-state index in [1.54, 1.807) is 0 Å². The van der Waals surface area contributed by atoms with Gasteiger partial charge in [0.1, 0.15) is 30.5 Å². The van der Waals surface area contributed by atoms with Gasteiger partial charge in [-0.3, -0.25) is 10.1 Å². The lowest BCUT2D eigenvalue weighted by molar-refractivity contribution is -0.339.